The normalized spacial score (nSPS) is 21.8. The van der Waals surface area contributed by atoms with Gasteiger partial charge in [0, 0.05) is 32.7 Å². The van der Waals surface area contributed by atoms with Crippen LogP contribution in [0.1, 0.15) is 39.5 Å². The van der Waals surface area contributed by atoms with E-state index in [0.717, 1.165) is 5.92 Å². The first kappa shape index (κ1) is 13.0. The molecule has 0 amide bonds. The average Bonchev–Trinajstić information content (AvgIpc) is 2.22. The first-order valence-corrected chi connectivity index (χ1v) is 6.63. The molecule has 1 heterocycles. The fourth-order valence-corrected chi connectivity index (χ4v) is 2.31. The van der Waals surface area contributed by atoms with Gasteiger partial charge in [-0.2, -0.15) is 0 Å². The molecule has 2 heteroatoms. The fourth-order valence-electron chi connectivity index (χ4n) is 2.31. The molecule has 1 aliphatic heterocycles. The molecule has 90 valence electrons. The fraction of sp³-hybridized carbons (Fsp3) is 1.00. The lowest BCUT2D eigenvalue weighted by atomic mass is 10.0. The number of nitrogens with zero attached hydrogens (tertiary/aromatic N) is 2. The Morgan fingerprint density at radius 2 is 1.73 bits per heavy atom. The van der Waals surface area contributed by atoms with E-state index in [-0.39, 0.29) is 0 Å². The quantitative estimate of drug-likeness (QED) is 0.624. The van der Waals surface area contributed by atoms with Crippen LogP contribution in [0, 0.1) is 5.92 Å². The summed E-state index contributed by atoms with van der Waals surface area (Å²) in [4.78, 5) is 5.06. The molecular formula is C13H28N2. The van der Waals surface area contributed by atoms with Gasteiger partial charge in [0.2, 0.25) is 0 Å². The molecule has 0 bridgehead atoms. The van der Waals surface area contributed by atoms with Crippen LogP contribution in [0.2, 0.25) is 0 Å². The van der Waals surface area contributed by atoms with Crippen LogP contribution in [0.4, 0.5) is 0 Å². The van der Waals surface area contributed by atoms with Crippen LogP contribution in [-0.2, 0) is 0 Å². The number of unbranched alkanes of at least 4 members (excludes halogenated alkanes) is 2. The van der Waals surface area contributed by atoms with Crippen molar-refractivity contribution in [1.29, 1.82) is 0 Å². The van der Waals surface area contributed by atoms with Crippen molar-refractivity contribution < 1.29 is 0 Å². The van der Waals surface area contributed by atoms with E-state index in [0.29, 0.717) is 0 Å². The third kappa shape index (κ3) is 5.53. The molecule has 1 aliphatic rings. The topological polar surface area (TPSA) is 6.48 Å². The van der Waals surface area contributed by atoms with E-state index < -0.39 is 0 Å². The zero-order chi connectivity index (χ0) is 11.1. The Morgan fingerprint density at radius 3 is 2.33 bits per heavy atom. The number of hydrogen-bond acceptors (Lipinski definition) is 2. The maximum atomic E-state index is 2.64. The van der Waals surface area contributed by atoms with Gasteiger partial charge in [-0.3, -0.25) is 0 Å². The van der Waals surface area contributed by atoms with Crippen LogP contribution < -0.4 is 0 Å². The summed E-state index contributed by atoms with van der Waals surface area (Å²) in [5, 5.41) is 0. The van der Waals surface area contributed by atoms with E-state index in [1.165, 1.54) is 58.4 Å². The van der Waals surface area contributed by atoms with Gasteiger partial charge in [0.25, 0.3) is 0 Å². The van der Waals surface area contributed by atoms with E-state index in [1.54, 1.807) is 0 Å². The summed E-state index contributed by atoms with van der Waals surface area (Å²) in [5.41, 5.74) is 0. The Balaban J connectivity index is 2.06. The van der Waals surface area contributed by atoms with Crippen LogP contribution in [0.3, 0.4) is 0 Å². The molecule has 1 saturated heterocycles. The SMILES string of the molecule is CCCCCC(C)CN1CCN(C)CC1. The third-order valence-electron chi connectivity index (χ3n) is 3.47. The van der Waals surface area contributed by atoms with E-state index in [9.17, 15) is 0 Å². The lowest BCUT2D eigenvalue weighted by molar-refractivity contribution is 0.136. The zero-order valence-corrected chi connectivity index (χ0v) is 10.8. The Kier molecular flexibility index (Phi) is 6.26. The van der Waals surface area contributed by atoms with Gasteiger partial charge in [-0.25, -0.2) is 0 Å². The Morgan fingerprint density at radius 1 is 1.07 bits per heavy atom. The second kappa shape index (κ2) is 7.24. The van der Waals surface area contributed by atoms with E-state index in [4.69, 9.17) is 0 Å². The molecular weight excluding hydrogens is 184 g/mol. The summed E-state index contributed by atoms with van der Waals surface area (Å²) in [6.07, 6.45) is 5.60. The molecule has 15 heavy (non-hydrogen) atoms. The Bertz CT molecular complexity index is 151. The summed E-state index contributed by atoms with van der Waals surface area (Å²) in [7, 11) is 2.22. The molecule has 0 radical (unpaired) electrons. The summed E-state index contributed by atoms with van der Waals surface area (Å²) in [5.74, 6) is 0.889. The van der Waals surface area contributed by atoms with Crippen molar-refractivity contribution >= 4 is 0 Å². The molecule has 1 atom stereocenters. The molecule has 0 spiro atoms. The van der Waals surface area contributed by atoms with Crippen LogP contribution in [-0.4, -0.2) is 49.6 Å². The molecule has 2 nitrogen and oxygen atoms in total. The van der Waals surface area contributed by atoms with E-state index in [1.807, 2.05) is 0 Å². The number of piperazine rings is 1. The van der Waals surface area contributed by atoms with Gasteiger partial charge in [0.15, 0.2) is 0 Å². The third-order valence-corrected chi connectivity index (χ3v) is 3.47. The van der Waals surface area contributed by atoms with Crippen LogP contribution >= 0.6 is 0 Å². The van der Waals surface area contributed by atoms with Gasteiger partial charge in [-0.05, 0) is 19.4 Å². The van der Waals surface area contributed by atoms with Gasteiger partial charge in [0.1, 0.15) is 0 Å². The molecule has 0 saturated carbocycles. The van der Waals surface area contributed by atoms with Crippen molar-refractivity contribution in [3.8, 4) is 0 Å². The predicted octanol–water partition coefficient (Wildman–Crippen LogP) is 2.45. The van der Waals surface area contributed by atoms with Crippen molar-refractivity contribution in [2.24, 2.45) is 5.92 Å². The maximum Gasteiger partial charge on any atom is 0.0110 e. The van der Waals surface area contributed by atoms with E-state index >= 15 is 0 Å². The van der Waals surface area contributed by atoms with Crippen molar-refractivity contribution in [1.82, 2.24) is 9.80 Å². The van der Waals surface area contributed by atoms with Crippen LogP contribution in [0.5, 0.6) is 0 Å². The second-order valence-electron chi connectivity index (χ2n) is 5.20. The largest absolute Gasteiger partial charge is 0.304 e. The van der Waals surface area contributed by atoms with Gasteiger partial charge in [0.05, 0.1) is 0 Å². The highest BCUT2D eigenvalue weighted by Gasteiger charge is 2.15. The summed E-state index contributed by atoms with van der Waals surface area (Å²) < 4.78 is 0. The van der Waals surface area contributed by atoms with Gasteiger partial charge in [-0.15, -0.1) is 0 Å². The zero-order valence-electron chi connectivity index (χ0n) is 10.8. The average molecular weight is 212 g/mol. The summed E-state index contributed by atoms with van der Waals surface area (Å²) in [6.45, 7) is 11.1. The smallest absolute Gasteiger partial charge is 0.0110 e. The standard InChI is InChI=1S/C13H28N2/c1-4-5-6-7-13(2)12-15-10-8-14(3)9-11-15/h13H,4-12H2,1-3H3. The van der Waals surface area contributed by atoms with Crippen LogP contribution in [0.15, 0.2) is 0 Å². The monoisotopic (exact) mass is 212 g/mol. The minimum Gasteiger partial charge on any atom is -0.304 e. The molecule has 1 rings (SSSR count). The number of likely N-dealkylation sites (N-methyl/N-ethyl adjacent to an activating group) is 1. The summed E-state index contributed by atoms with van der Waals surface area (Å²) >= 11 is 0. The highest BCUT2D eigenvalue weighted by Crippen LogP contribution is 2.12. The van der Waals surface area contributed by atoms with Crippen LogP contribution in [0.25, 0.3) is 0 Å². The highest BCUT2D eigenvalue weighted by atomic mass is 15.2. The molecule has 0 aromatic rings. The maximum absolute atomic E-state index is 2.64. The van der Waals surface area contributed by atoms with Crippen molar-refractivity contribution in [3.05, 3.63) is 0 Å². The number of hydrogen-bond donors (Lipinski definition) is 0. The first-order valence-electron chi connectivity index (χ1n) is 6.63. The highest BCUT2D eigenvalue weighted by molar-refractivity contribution is 4.71. The van der Waals surface area contributed by atoms with E-state index in [2.05, 4.69) is 30.7 Å². The van der Waals surface area contributed by atoms with Gasteiger partial charge in [-0.1, -0.05) is 33.1 Å². The summed E-state index contributed by atoms with van der Waals surface area (Å²) in [6, 6.07) is 0. The predicted molar refractivity (Wildman–Crippen MR) is 67.2 cm³/mol. The minimum absolute atomic E-state index is 0.889. The second-order valence-corrected chi connectivity index (χ2v) is 5.20. The Labute approximate surface area is 95.6 Å². The lowest BCUT2D eigenvalue weighted by Crippen LogP contribution is -2.45. The van der Waals surface area contributed by atoms with Crippen molar-refractivity contribution in [3.63, 3.8) is 0 Å². The van der Waals surface area contributed by atoms with Crippen molar-refractivity contribution in [2.75, 3.05) is 39.8 Å². The van der Waals surface area contributed by atoms with Gasteiger partial charge < -0.3 is 9.80 Å². The first-order chi connectivity index (χ1) is 7.22. The molecule has 0 aromatic carbocycles. The van der Waals surface area contributed by atoms with Crippen molar-refractivity contribution in [2.45, 2.75) is 39.5 Å². The molecule has 0 N–H and O–H groups in total. The number of rotatable bonds is 6. The molecule has 0 aliphatic carbocycles. The minimum atomic E-state index is 0.889. The molecule has 0 aromatic heterocycles. The Hall–Kier alpha value is -0.0800. The molecule has 1 unspecified atom stereocenters. The lowest BCUT2D eigenvalue weighted by Gasteiger charge is -2.33. The van der Waals surface area contributed by atoms with Gasteiger partial charge >= 0.3 is 0 Å². The molecule has 1 fully saturated rings.